The molecule has 2 aromatic rings. The molecule has 3 unspecified atom stereocenters. The van der Waals surface area contributed by atoms with Crippen LogP contribution < -0.4 is 15.4 Å². The van der Waals surface area contributed by atoms with Crippen LogP contribution in [0.25, 0.3) is 0 Å². The van der Waals surface area contributed by atoms with Gasteiger partial charge < -0.3 is 15.5 Å². The van der Waals surface area contributed by atoms with Gasteiger partial charge in [0, 0.05) is 23.8 Å². The third-order valence-corrected chi connectivity index (χ3v) is 9.80. The van der Waals surface area contributed by atoms with Crippen LogP contribution in [-0.4, -0.2) is 63.3 Å². The van der Waals surface area contributed by atoms with E-state index in [0.29, 0.717) is 5.75 Å². The smallest absolute Gasteiger partial charge is 0.264 e. The van der Waals surface area contributed by atoms with Gasteiger partial charge in [0.25, 0.3) is 15.9 Å². The van der Waals surface area contributed by atoms with E-state index >= 15 is 0 Å². The van der Waals surface area contributed by atoms with Gasteiger partial charge in [0.1, 0.15) is 6.04 Å². The summed E-state index contributed by atoms with van der Waals surface area (Å²) in [4.78, 5) is 42.3. The summed E-state index contributed by atoms with van der Waals surface area (Å²) in [5, 5.41) is 6.15. The van der Waals surface area contributed by atoms with E-state index in [2.05, 4.69) is 28.0 Å². The summed E-state index contributed by atoms with van der Waals surface area (Å²) in [6.07, 6.45) is 1.59. The number of hydrogen-bond donors (Lipinski definition) is 4. The summed E-state index contributed by atoms with van der Waals surface area (Å²) >= 11 is 4.18. The molecule has 0 aliphatic heterocycles. The Morgan fingerprint density at radius 1 is 0.933 bits per heavy atom. The van der Waals surface area contributed by atoms with Crippen LogP contribution >= 0.6 is 12.6 Å². The number of likely N-dealkylation sites (N-methyl/N-ethyl adjacent to an activating group) is 2. The number of rotatable bonds is 13. The molecule has 2 rings (SSSR count). The van der Waals surface area contributed by atoms with Crippen LogP contribution in [-0.2, 0) is 35.6 Å². The Hall–Kier alpha value is -3.15. The highest BCUT2D eigenvalue weighted by Gasteiger charge is 2.41. The van der Waals surface area contributed by atoms with E-state index in [1.165, 1.54) is 24.0 Å². The number of carbonyl (C=O) groups is 3. The van der Waals surface area contributed by atoms with Gasteiger partial charge in [-0.1, -0.05) is 97.0 Å². The zero-order valence-electron chi connectivity index (χ0n) is 28.1. The Balaban J connectivity index is 2.32. The number of thiol groups is 1. The van der Waals surface area contributed by atoms with Crippen molar-refractivity contribution in [2.75, 3.05) is 14.1 Å². The molecule has 0 heterocycles. The van der Waals surface area contributed by atoms with Crippen molar-refractivity contribution in [3.63, 3.8) is 0 Å². The van der Waals surface area contributed by atoms with E-state index in [-0.39, 0.29) is 28.2 Å². The predicted octanol–water partition coefficient (Wildman–Crippen LogP) is 4.45. The highest BCUT2D eigenvalue weighted by atomic mass is 32.2. The molecule has 0 saturated heterocycles. The van der Waals surface area contributed by atoms with Crippen molar-refractivity contribution in [3.05, 3.63) is 77.4 Å². The second kappa shape index (κ2) is 15.4. The van der Waals surface area contributed by atoms with Crippen LogP contribution in [0.5, 0.6) is 0 Å². The van der Waals surface area contributed by atoms with Crippen molar-refractivity contribution in [2.45, 2.75) is 89.6 Å². The van der Waals surface area contributed by atoms with Gasteiger partial charge >= 0.3 is 0 Å². The van der Waals surface area contributed by atoms with Crippen LogP contribution in [0, 0.1) is 11.3 Å². The fourth-order valence-electron chi connectivity index (χ4n) is 5.20. The summed E-state index contributed by atoms with van der Waals surface area (Å²) < 4.78 is 27.8. The third kappa shape index (κ3) is 9.67. The number of nitrogens with zero attached hydrogens (tertiary/aromatic N) is 1. The maximum absolute atomic E-state index is 14.1. The molecule has 0 aromatic heterocycles. The molecule has 9 nitrogen and oxygen atoms in total. The van der Waals surface area contributed by atoms with Crippen molar-refractivity contribution in [2.24, 2.45) is 11.3 Å². The van der Waals surface area contributed by atoms with E-state index in [0.717, 1.165) is 11.1 Å². The molecule has 3 N–H and O–H groups in total. The Bertz CT molecular complexity index is 1460. The lowest BCUT2D eigenvalue weighted by Crippen LogP contribution is -2.61. The largest absolute Gasteiger partial charge is 0.342 e. The maximum Gasteiger partial charge on any atom is 0.264 e. The van der Waals surface area contributed by atoms with E-state index in [1.54, 1.807) is 32.3 Å². The lowest BCUT2D eigenvalue weighted by molar-refractivity contribution is -0.140. The molecule has 0 spiro atoms. The summed E-state index contributed by atoms with van der Waals surface area (Å²) in [5.74, 6) is -1.11. The van der Waals surface area contributed by atoms with Gasteiger partial charge in [0.2, 0.25) is 11.8 Å². The van der Waals surface area contributed by atoms with Gasteiger partial charge in [-0.05, 0) is 48.6 Å². The fourth-order valence-corrected chi connectivity index (χ4v) is 6.43. The summed E-state index contributed by atoms with van der Waals surface area (Å²) in [6, 6.07) is 13.7. The number of sulfonamides is 1. The Kier molecular flexibility index (Phi) is 13.0. The molecule has 3 amide bonds. The van der Waals surface area contributed by atoms with Gasteiger partial charge in [0.05, 0.1) is 17.0 Å². The van der Waals surface area contributed by atoms with Crippen molar-refractivity contribution in [1.82, 2.24) is 20.3 Å². The molecular formula is C34H50N4O5S2. The first kappa shape index (κ1) is 38.0. The topological polar surface area (TPSA) is 125 Å². The van der Waals surface area contributed by atoms with Gasteiger partial charge in [-0.25, -0.2) is 13.1 Å². The predicted molar refractivity (Wildman–Crippen MR) is 183 cm³/mol. The minimum atomic E-state index is -4.11. The number of benzene rings is 2. The molecule has 3 atom stereocenters. The monoisotopic (exact) mass is 658 g/mol. The Labute approximate surface area is 275 Å². The second-order valence-corrected chi connectivity index (χ2v) is 15.4. The van der Waals surface area contributed by atoms with Crippen molar-refractivity contribution in [1.29, 1.82) is 0 Å². The van der Waals surface area contributed by atoms with Crippen molar-refractivity contribution in [3.8, 4) is 0 Å². The molecule has 2 aromatic carbocycles. The molecule has 248 valence electrons. The van der Waals surface area contributed by atoms with Crippen LogP contribution in [0.3, 0.4) is 0 Å². The zero-order chi connectivity index (χ0) is 34.3. The van der Waals surface area contributed by atoms with Crippen LogP contribution in [0.2, 0.25) is 0 Å². The van der Waals surface area contributed by atoms with E-state index in [9.17, 15) is 22.8 Å². The lowest BCUT2D eigenvalue weighted by Gasteiger charge is -2.40. The first-order valence-electron chi connectivity index (χ1n) is 15.0. The summed E-state index contributed by atoms with van der Waals surface area (Å²) in [6.45, 7) is 14.9. The van der Waals surface area contributed by atoms with Crippen LogP contribution in [0.15, 0.2) is 71.1 Å². The number of hydrogen-bond acceptors (Lipinski definition) is 7. The average molecular weight is 659 g/mol. The maximum atomic E-state index is 14.1. The number of nitrogens with one attached hydrogen (secondary N) is 3. The number of carbonyl (C=O) groups excluding carboxylic acids is 3. The summed E-state index contributed by atoms with van der Waals surface area (Å²) in [5.41, 5.74) is 0.731. The molecule has 0 fully saturated rings. The highest BCUT2D eigenvalue weighted by Crippen LogP contribution is 2.29. The van der Waals surface area contributed by atoms with Crippen LogP contribution in [0.1, 0.15) is 66.5 Å². The van der Waals surface area contributed by atoms with Crippen molar-refractivity contribution >= 4 is 40.4 Å². The number of amides is 3. The molecule has 0 saturated carbocycles. The minimum Gasteiger partial charge on any atom is -0.342 e. The first-order valence-corrected chi connectivity index (χ1v) is 17.1. The van der Waals surface area contributed by atoms with E-state index < -0.39 is 44.9 Å². The van der Waals surface area contributed by atoms with Crippen molar-refractivity contribution < 1.29 is 22.8 Å². The third-order valence-electron chi connectivity index (χ3n) is 8.09. The van der Waals surface area contributed by atoms with Gasteiger partial charge in [0.15, 0.2) is 0 Å². The van der Waals surface area contributed by atoms with Gasteiger partial charge in [-0.3, -0.25) is 14.4 Å². The van der Waals surface area contributed by atoms with Gasteiger partial charge in [-0.2, -0.15) is 12.6 Å². The Morgan fingerprint density at radius 3 is 1.96 bits per heavy atom. The molecule has 0 aliphatic rings. The zero-order valence-corrected chi connectivity index (χ0v) is 29.8. The highest BCUT2D eigenvalue weighted by molar-refractivity contribution is 7.90. The average Bonchev–Trinajstić information content (AvgIpc) is 2.97. The molecule has 0 radical (unpaired) electrons. The molecule has 0 aliphatic carbocycles. The second-order valence-electron chi connectivity index (χ2n) is 13.4. The standard InChI is InChI=1S/C34H50N4O5S2/c1-22(2)27(20-23(3)30(39)37-45(42,43)26-18-16-24(21-44)17-19-26)38(10)32(41)29(33(4,5)6)36-31(40)28(35-9)34(7,8)25-14-12-11-13-15-25/h11-20,22,27-29,35,44H,21H2,1-10H3,(H,36,40)(H,37,39). The normalized spacial score (nSPS) is 14.8. The SMILES string of the molecule is CNC(C(=O)NC(C(=O)N(C)C(C=C(C)C(=O)NS(=O)(=O)c1ccc(CS)cc1)C(C)C)C(C)(C)C)C(C)(C)c1ccccc1. The quantitative estimate of drug-likeness (QED) is 0.186. The minimum absolute atomic E-state index is 0.0408. The first-order chi connectivity index (χ1) is 20.8. The molecule has 0 bridgehead atoms. The summed E-state index contributed by atoms with van der Waals surface area (Å²) in [7, 11) is -0.761. The molecule has 45 heavy (non-hydrogen) atoms. The van der Waals surface area contributed by atoms with E-state index in [1.807, 2.05) is 78.8 Å². The molecular weight excluding hydrogens is 609 g/mol. The van der Waals surface area contributed by atoms with Gasteiger partial charge in [-0.15, -0.1) is 0 Å². The lowest BCUT2D eigenvalue weighted by atomic mass is 9.76. The van der Waals surface area contributed by atoms with Crippen LogP contribution in [0.4, 0.5) is 0 Å². The Morgan fingerprint density at radius 2 is 1.49 bits per heavy atom. The molecule has 11 heteroatoms. The van der Waals surface area contributed by atoms with E-state index in [4.69, 9.17) is 0 Å². The fraction of sp³-hybridized carbons (Fsp3) is 0.500.